The Hall–Kier alpha value is -2.89. The van der Waals surface area contributed by atoms with Crippen molar-refractivity contribution in [3.63, 3.8) is 0 Å². The van der Waals surface area contributed by atoms with Gasteiger partial charge in [-0.25, -0.2) is 0 Å². The van der Waals surface area contributed by atoms with Crippen molar-refractivity contribution in [2.45, 2.75) is 39.8 Å². The number of amides is 1. The first-order valence-electron chi connectivity index (χ1n) is 8.33. The van der Waals surface area contributed by atoms with Crippen molar-refractivity contribution in [2.75, 3.05) is 0 Å². The van der Waals surface area contributed by atoms with Crippen molar-refractivity contribution < 1.29 is 9.53 Å². The maximum Gasteiger partial charge on any atom is 0.253 e. The topological polar surface area (TPSA) is 68.5 Å². The molecule has 6 heteroatoms. The SMILES string of the molecule is Cc1nnc2ccc(C(=O)N[C@@H](C)c3cccc(OC(C)C)c3)cn12. The zero-order valence-corrected chi connectivity index (χ0v) is 14.9. The molecule has 0 aliphatic heterocycles. The lowest BCUT2D eigenvalue weighted by molar-refractivity contribution is 0.0939. The number of carbonyl (C=O) groups excluding carboxylic acids is 1. The summed E-state index contributed by atoms with van der Waals surface area (Å²) in [7, 11) is 0. The summed E-state index contributed by atoms with van der Waals surface area (Å²) in [5.74, 6) is 1.41. The zero-order chi connectivity index (χ0) is 18.0. The Bertz CT molecular complexity index is 901. The number of ether oxygens (including phenoxy) is 1. The molecule has 130 valence electrons. The summed E-state index contributed by atoms with van der Waals surface area (Å²) in [6.07, 6.45) is 1.87. The molecule has 3 rings (SSSR count). The molecule has 1 amide bonds. The molecule has 1 N–H and O–H groups in total. The van der Waals surface area contributed by atoms with E-state index in [0.29, 0.717) is 5.56 Å². The molecule has 2 aromatic heterocycles. The van der Waals surface area contributed by atoms with Crippen molar-refractivity contribution in [1.29, 1.82) is 0 Å². The predicted octanol–water partition coefficient (Wildman–Crippen LogP) is 3.32. The van der Waals surface area contributed by atoms with Crippen LogP contribution in [-0.4, -0.2) is 26.6 Å². The largest absolute Gasteiger partial charge is 0.491 e. The van der Waals surface area contributed by atoms with E-state index in [-0.39, 0.29) is 18.1 Å². The summed E-state index contributed by atoms with van der Waals surface area (Å²) in [6, 6.07) is 11.2. The Morgan fingerprint density at radius 1 is 1.16 bits per heavy atom. The van der Waals surface area contributed by atoms with Crippen LogP contribution in [0.25, 0.3) is 5.65 Å². The summed E-state index contributed by atoms with van der Waals surface area (Å²) in [5, 5.41) is 11.1. The summed E-state index contributed by atoms with van der Waals surface area (Å²) in [6.45, 7) is 7.78. The minimum atomic E-state index is -0.141. The van der Waals surface area contributed by atoms with Gasteiger partial charge in [-0.3, -0.25) is 9.20 Å². The van der Waals surface area contributed by atoms with E-state index in [1.54, 1.807) is 22.7 Å². The molecule has 0 saturated heterocycles. The van der Waals surface area contributed by atoms with Crippen molar-refractivity contribution in [2.24, 2.45) is 0 Å². The van der Waals surface area contributed by atoms with Gasteiger partial charge in [-0.05, 0) is 57.5 Å². The van der Waals surface area contributed by atoms with E-state index in [1.807, 2.05) is 52.0 Å². The lowest BCUT2D eigenvalue weighted by Gasteiger charge is -2.16. The van der Waals surface area contributed by atoms with E-state index in [0.717, 1.165) is 22.8 Å². The monoisotopic (exact) mass is 338 g/mol. The zero-order valence-electron chi connectivity index (χ0n) is 14.9. The van der Waals surface area contributed by atoms with Gasteiger partial charge in [-0.1, -0.05) is 12.1 Å². The lowest BCUT2D eigenvalue weighted by atomic mass is 10.1. The molecule has 1 atom stereocenters. The third kappa shape index (κ3) is 3.79. The number of fused-ring (bicyclic) bond motifs is 1. The van der Waals surface area contributed by atoms with Crippen molar-refractivity contribution in [1.82, 2.24) is 19.9 Å². The van der Waals surface area contributed by atoms with Crippen LogP contribution < -0.4 is 10.1 Å². The molecule has 0 bridgehead atoms. The Kier molecular flexibility index (Phi) is 4.70. The molecular weight excluding hydrogens is 316 g/mol. The quantitative estimate of drug-likeness (QED) is 0.775. The van der Waals surface area contributed by atoms with E-state index in [4.69, 9.17) is 4.74 Å². The maximum atomic E-state index is 12.6. The molecule has 1 aromatic carbocycles. The molecule has 0 radical (unpaired) electrons. The van der Waals surface area contributed by atoms with Crippen LogP contribution >= 0.6 is 0 Å². The van der Waals surface area contributed by atoms with Crippen LogP contribution in [0.5, 0.6) is 5.75 Å². The number of nitrogens with zero attached hydrogens (tertiary/aromatic N) is 3. The summed E-state index contributed by atoms with van der Waals surface area (Å²) in [4.78, 5) is 12.6. The van der Waals surface area contributed by atoms with E-state index in [9.17, 15) is 4.79 Å². The molecule has 6 nitrogen and oxygen atoms in total. The lowest BCUT2D eigenvalue weighted by Crippen LogP contribution is -2.27. The van der Waals surface area contributed by atoms with Gasteiger partial charge in [0.2, 0.25) is 0 Å². The van der Waals surface area contributed by atoms with Gasteiger partial charge in [-0.15, -0.1) is 10.2 Å². The summed E-state index contributed by atoms with van der Waals surface area (Å²) in [5.41, 5.74) is 2.28. The van der Waals surface area contributed by atoms with Gasteiger partial charge in [0.1, 0.15) is 11.6 Å². The van der Waals surface area contributed by atoms with Crippen LogP contribution in [0.2, 0.25) is 0 Å². The Morgan fingerprint density at radius 3 is 2.72 bits per heavy atom. The Labute approximate surface area is 146 Å². The van der Waals surface area contributed by atoms with E-state index in [2.05, 4.69) is 15.5 Å². The van der Waals surface area contributed by atoms with Crippen LogP contribution in [0.15, 0.2) is 42.6 Å². The number of rotatable bonds is 5. The van der Waals surface area contributed by atoms with E-state index >= 15 is 0 Å². The molecule has 2 heterocycles. The van der Waals surface area contributed by atoms with Gasteiger partial charge >= 0.3 is 0 Å². The highest BCUT2D eigenvalue weighted by molar-refractivity contribution is 5.94. The Morgan fingerprint density at radius 2 is 1.96 bits per heavy atom. The van der Waals surface area contributed by atoms with Crippen LogP contribution in [0.3, 0.4) is 0 Å². The molecule has 25 heavy (non-hydrogen) atoms. The van der Waals surface area contributed by atoms with Crippen molar-refractivity contribution in [3.8, 4) is 5.75 Å². The fourth-order valence-electron chi connectivity index (χ4n) is 2.63. The number of aryl methyl sites for hydroxylation is 1. The fourth-order valence-corrected chi connectivity index (χ4v) is 2.63. The molecule has 0 aliphatic carbocycles. The Balaban J connectivity index is 1.76. The van der Waals surface area contributed by atoms with Gasteiger partial charge in [0.15, 0.2) is 5.65 Å². The van der Waals surface area contributed by atoms with Crippen molar-refractivity contribution >= 4 is 11.6 Å². The standard InChI is InChI=1S/C19H22N4O2/c1-12(2)25-17-7-5-6-15(10-17)13(3)20-19(24)16-8-9-18-22-21-14(4)23(18)11-16/h5-13H,1-4H3,(H,20,24)/t13-/m0/s1. The van der Waals surface area contributed by atoms with Crippen LogP contribution in [0.1, 0.15) is 48.6 Å². The van der Waals surface area contributed by atoms with Gasteiger partial charge in [-0.2, -0.15) is 0 Å². The average molecular weight is 338 g/mol. The molecule has 3 aromatic rings. The first kappa shape index (κ1) is 17.0. The van der Waals surface area contributed by atoms with Crippen LogP contribution in [-0.2, 0) is 0 Å². The predicted molar refractivity (Wildman–Crippen MR) is 95.8 cm³/mol. The number of nitrogens with one attached hydrogen (secondary N) is 1. The minimum absolute atomic E-state index is 0.110. The van der Waals surface area contributed by atoms with Gasteiger partial charge < -0.3 is 10.1 Å². The average Bonchev–Trinajstić information content (AvgIpc) is 2.95. The van der Waals surface area contributed by atoms with E-state index < -0.39 is 0 Å². The minimum Gasteiger partial charge on any atom is -0.491 e. The first-order chi connectivity index (χ1) is 11.9. The molecule has 0 aliphatic rings. The molecule has 0 spiro atoms. The highest BCUT2D eigenvalue weighted by Gasteiger charge is 2.14. The van der Waals surface area contributed by atoms with Gasteiger partial charge in [0.25, 0.3) is 5.91 Å². The van der Waals surface area contributed by atoms with Gasteiger partial charge in [0.05, 0.1) is 17.7 Å². The molecule has 0 fully saturated rings. The normalized spacial score (nSPS) is 12.4. The first-order valence-corrected chi connectivity index (χ1v) is 8.33. The highest BCUT2D eigenvalue weighted by Crippen LogP contribution is 2.20. The second kappa shape index (κ2) is 6.93. The number of aromatic nitrogens is 3. The highest BCUT2D eigenvalue weighted by atomic mass is 16.5. The number of hydrogen-bond donors (Lipinski definition) is 1. The number of pyridine rings is 1. The second-order valence-electron chi connectivity index (χ2n) is 6.33. The van der Waals surface area contributed by atoms with E-state index in [1.165, 1.54) is 0 Å². The summed E-state index contributed by atoms with van der Waals surface area (Å²) >= 11 is 0. The smallest absolute Gasteiger partial charge is 0.253 e. The number of hydrogen-bond acceptors (Lipinski definition) is 4. The maximum absolute atomic E-state index is 12.6. The van der Waals surface area contributed by atoms with Crippen LogP contribution in [0, 0.1) is 6.92 Å². The molecular formula is C19H22N4O2. The second-order valence-corrected chi connectivity index (χ2v) is 6.33. The van der Waals surface area contributed by atoms with Crippen molar-refractivity contribution in [3.05, 3.63) is 59.5 Å². The number of carbonyl (C=O) groups is 1. The summed E-state index contributed by atoms with van der Waals surface area (Å²) < 4.78 is 7.52. The molecule has 0 saturated carbocycles. The van der Waals surface area contributed by atoms with Crippen LogP contribution in [0.4, 0.5) is 0 Å². The fraction of sp³-hybridized carbons (Fsp3) is 0.316. The third-order valence-electron chi connectivity index (χ3n) is 3.91. The van der Waals surface area contributed by atoms with Gasteiger partial charge in [0, 0.05) is 6.20 Å². The number of benzene rings is 1. The molecule has 0 unspecified atom stereocenters. The third-order valence-corrected chi connectivity index (χ3v) is 3.91.